The second kappa shape index (κ2) is 5.27. The van der Waals surface area contributed by atoms with E-state index in [-0.39, 0.29) is 5.60 Å². The number of hydrogen-bond acceptors (Lipinski definition) is 4. The molecule has 0 aliphatic heterocycles. The molecule has 1 aliphatic carbocycles. The highest BCUT2D eigenvalue weighted by atomic mass is 32.1. The molecular weight excluding hydrogens is 244 g/mol. The van der Waals surface area contributed by atoms with Crippen LogP contribution in [-0.4, -0.2) is 23.7 Å². The summed E-state index contributed by atoms with van der Waals surface area (Å²) in [6, 6.07) is 1.01. The Morgan fingerprint density at radius 2 is 2.11 bits per heavy atom. The van der Waals surface area contributed by atoms with E-state index in [1.165, 1.54) is 22.7 Å². The first-order valence-electron chi connectivity index (χ1n) is 6.66. The zero-order valence-corrected chi connectivity index (χ0v) is 12.9. The molecule has 1 saturated carbocycles. The van der Waals surface area contributed by atoms with Gasteiger partial charge >= 0.3 is 0 Å². The van der Waals surface area contributed by atoms with Gasteiger partial charge < -0.3 is 10.1 Å². The Morgan fingerprint density at radius 1 is 1.44 bits per heavy atom. The highest BCUT2D eigenvalue weighted by Crippen LogP contribution is 2.33. The Labute approximate surface area is 114 Å². The molecule has 102 valence electrons. The van der Waals surface area contributed by atoms with E-state index in [9.17, 15) is 0 Å². The molecule has 1 fully saturated rings. The van der Waals surface area contributed by atoms with Crippen molar-refractivity contribution in [2.75, 3.05) is 7.11 Å². The Morgan fingerprint density at radius 3 is 2.56 bits per heavy atom. The number of aryl methyl sites for hydroxylation is 2. The van der Waals surface area contributed by atoms with E-state index >= 15 is 0 Å². The normalized spacial score (nSPS) is 18.1. The summed E-state index contributed by atoms with van der Waals surface area (Å²) in [6.45, 7) is 8.51. The van der Waals surface area contributed by atoms with Crippen LogP contribution in [0.2, 0.25) is 0 Å². The first kappa shape index (κ1) is 14.0. The summed E-state index contributed by atoms with van der Waals surface area (Å²) < 4.78 is 5.57. The van der Waals surface area contributed by atoms with E-state index < -0.39 is 0 Å². The third-order valence-corrected chi connectivity index (χ3v) is 4.79. The maximum absolute atomic E-state index is 5.57. The van der Waals surface area contributed by atoms with Crippen LogP contribution in [0.1, 0.15) is 54.7 Å². The maximum Gasteiger partial charge on any atom is 0.110 e. The Bertz CT molecular complexity index is 390. The number of methoxy groups -OCH3 is 1. The molecule has 18 heavy (non-hydrogen) atoms. The SMILES string of the molecule is COC(C)(C)CC(NC1CC1)c1nc(C)c(C)s1. The predicted octanol–water partition coefficient (Wildman–Crippen LogP) is 3.37. The summed E-state index contributed by atoms with van der Waals surface area (Å²) in [5.41, 5.74) is 1.05. The minimum absolute atomic E-state index is 0.111. The van der Waals surface area contributed by atoms with Crippen molar-refractivity contribution < 1.29 is 4.74 Å². The molecule has 1 aliphatic rings. The van der Waals surface area contributed by atoms with Crippen molar-refractivity contribution in [2.24, 2.45) is 0 Å². The minimum Gasteiger partial charge on any atom is -0.379 e. The first-order chi connectivity index (χ1) is 8.41. The number of aromatic nitrogens is 1. The predicted molar refractivity (Wildman–Crippen MR) is 76.2 cm³/mol. The van der Waals surface area contributed by atoms with Crippen LogP contribution in [0.5, 0.6) is 0 Å². The summed E-state index contributed by atoms with van der Waals surface area (Å²) in [6.07, 6.45) is 3.56. The lowest BCUT2D eigenvalue weighted by molar-refractivity contribution is 0.00663. The summed E-state index contributed by atoms with van der Waals surface area (Å²) in [4.78, 5) is 6.03. The van der Waals surface area contributed by atoms with Crippen LogP contribution in [-0.2, 0) is 4.74 Å². The zero-order chi connectivity index (χ0) is 13.3. The van der Waals surface area contributed by atoms with Crippen molar-refractivity contribution in [3.8, 4) is 0 Å². The van der Waals surface area contributed by atoms with E-state index in [4.69, 9.17) is 9.72 Å². The van der Waals surface area contributed by atoms with Crippen molar-refractivity contribution in [1.82, 2.24) is 10.3 Å². The molecule has 4 heteroatoms. The van der Waals surface area contributed by atoms with Gasteiger partial charge in [-0.05, 0) is 47.0 Å². The van der Waals surface area contributed by atoms with Gasteiger partial charge in [0, 0.05) is 18.0 Å². The van der Waals surface area contributed by atoms with Gasteiger partial charge in [-0.15, -0.1) is 11.3 Å². The lowest BCUT2D eigenvalue weighted by atomic mass is 9.99. The molecule has 0 saturated heterocycles. The topological polar surface area (TPSA) is 34.1 Å². The van der Waals surface area contributed by atoms with E-state index in [0.717, 1.165) is 12.1 Å². The smallest absolute Gasteiger partial charge is 0.110 e. The molecule has 0 spiro atoms. The molecule has 1 N–H and O–H groups in total. The number of thiazole rings is 1. The fraction of sp³-hybridized carbons (Fsp3) is 0.786. The van der Waals surface area contributed by atoms with Crippen molar-refractivity contribution in [3.05, 3.63) is 15.6 Å². The monoisotopic (exact) mass is 268 g/mol. The van der Waals surface area contributed by atoms with Crippen molar-refractivity contribution in [1.29, 1.82) is 0 Å². The van der Waals surface area contributed by atoms with E-state index in [0.29, 0.717) is 12.1 Å². The third-order valence-electron chi connectivity index (χ3n) is 3.61. The van der Waals surface area contributed by atoms with Crippen LogP contribution in [0.3, 0.4) is 0 Å². The van der Waals surface area contributed by atoms with Gasteiger partial charge in [0.1, 0.15) is 5.01 Å². The van der Waals surface area contributed by atoms with Crippen LogP contribution in [0.15, 0.2) is 0 Å². The molecule has 0 aromatic carbocycles. The molecule has 1 unspecified atom stereocenters. The van der Waals surface area contributed by atoms with Gasteiger partial charge in [-0.1, -0.05) is 0 Å². The molecule has 1 aromatic rings. The fourth-order valence-electron chi connectivity index (χ4n) is 1.97. The third kappa shape index (κ3) is 3.53. The van der Waals surface area contributed by atoms with Gasteiger partial charge in [0.2, 0.25) is 0 Å². The molecule has 0 amide bonds. The van der Waals surface area contributed by atoms with Crippen LogP contribution in [0.4, 0.5) is 0 Å². The van der Waals surface area contributed by atoms with Crippen molar-refractivity contribution in [3.63, 3.8) is 0 Å². The quantitative estimate of drug-likeness (QED) is 0.859. The number of ether oxygens (including phenoxy) is 1. The van der Waals surface area contributed by atoms with Gasteiger partial charge in [-0.2, -0.15) is 0 Å². The van der Waals surface area contributed by atoms with Crippen molar-refractivity contribution >= 4 is 11.3 Å². The standard InChI is InChI=1S/C14H24N2OS/c1-9-10(2)18-13(15-9)12(16-11-6-7-11)8-14(3,4)17-5/h11-12,16H,6-8H2,1-5H3. The van der Waals surface area contributed by atoms with Gasteiger partial charge in [0.05, 0.1) is 17.3 Å². The lowest BCUT2D eigenvalue weighted by Crippen LogP contribution is -2.33. The second-order valence-electron chi connectivity index (χ2n) is 5.86. The summed E-state index contributed by atoms with van der Waals surface area (Å²) in [7, 11) is 1.78. The van der Waals surface area contributed by atoms with Crippen molar-refractivity contribution in [2.45, 2.75) is 64.6 Å². The number of nitrogens with zero attached hydrogens (tertiary/aromatic N) is 1. The van der Waals surface area contributed by atoms with Gasteiger partial charge in [0.15, 0.2) is 0 Å². The number of hydrogen-bond donors (Lipinski definition) is 1. The average molecular weight is 268 g/mol. The number of nitrogens with one attached hydrogen (secondary N) is 1. The summed E-state index contributed by atoms with van der Waals surface area (Å²) >= 11 is 1.81. The van der Waals surface area contributed by atoms with E-state index in [2.05, 4.69) is 33.0 Å². The highest BCUT2D eigenvalue weighted by Gasteiger charge is 2.31. The van der Waals surface area contributed by atoms with Gasteiger partial charge in [0.25, 0.3) is 0 Å². The zero-order valence-electron chi connectivity index (χ0n) is 12.0. The minimum atomic E-state index is -0.111. The Kier molecular flexibility index (Phi) is 4.09. The molecule has 1 atom stereocenters. The fourth-order valence-corrected chi connectivity index (χ4v) is 2.96. The van der Waals surface area contributed by atoms with E-state index in [1.807, 2.05) is 11.3 Å². The molecule has 1 heterocycles. The summed E-state index contributed by atoms with van der Waals surface area (Å²) in [5, 5.41) is 4.92. The van der Waals surface area contributed by atoms with Crippen LogP contribution < -0.4 is 5.32 Å². The molecule has 0 radical (unpaired) electrons. The van der Waals surface area contributed by atoms with E-state index in [1.54, 1.807) is 7.11 Å². The largest absolute Gasteiger partial charge is 0.379 e. The maximum atomic E-state index is 5.57. The lowest BCUT2D eigenvalue weighted by Gasteiger charge is -2.28. The Hall–Kier alpha value is -0.450. The first-order valence-corrected chi connectivity index (χ1v) is 7.48. The van der Waals surface area contributed by atoms with Crippen LogP contribution in [0.25, 0.3) is 0 Å². The number of rotatable bonds is 6. The second-order valence-corrected chi connectivity index (χ2v) is 7.09. The van der Waals surface area contributed by atoms with Crippen LogP contribution >= 0.6 is 11.3 Å². The Balaban J connectivity index is 2.13. The molecule has 3 nitrogen and oxygen atoms in total. The molecule has 1 aromatic heterocycles. The average Bonchev–Trinajstić information content (AvgIpc) is 3.05. The van der Waals surface area contributed by atoms with Gasteiger partial charge in [-0.25, -0.2) is 4.98 Å². The molecule has 0 bridgehead atoms. The highest BCUT2D eigenvalue weighted by molar-refractivity contribution is 7.11. The molecule has 2 rings (SSSR count). The van der Waals surface area contributed by atoms with Crippen LogP contribution in [0, 0.1) is 13.8 Å². The summed E-state index contributed by atoms with van der Waals surface area (Å²) in [5.74, 6) is 0. The van der Waals surface area contributed by atoms with Gasteiger partial charge in [-0.3, -0.25) is 0 Å². The molecular formula is C14H24N2OS.